The molecule has 8 heteroatoms. The number of rotatable bonds is 4. The Labute approximate surface area is 102 Å². The van der Waals surface area contributed by atoms with Crippen molar-refractivity contribution in [1.29, 1.82) is 0 Å². The molecule has 0 aromatic heterocycles. The molecule has 0 radical (unpaired) electrons. The number of carbonyl (C=O) groups is 1. The van der Waals surface area contributed by atoms with Crippen LogP contribution in [0, 0.1) is 5.82 Å². The molecule has 0 atom stereocenters. The average Bonchev–Trinajstić information content (AvgIpc) is 2.15. The van der Waals surface area contributed by atoms with E-state index in [0.717, 1.165) is 12.1 Å². The Bertz CT molecular complexity index is 532. The zero-order valence-electron chi connectivity index (χ0n) is 8.74. The molecule has 1 amide bonds. The van der Waals surface area contributed by atoms with Crippen LogP contribution in [-0.4, -0.2) is 28.0 Å². The molecule has 1 rings (SSSR count). The summed E-state index contributed by atoms with van der Waals surface area (Å²) in [5.74, 6) is -1.51. The van der Waals surface area contributed by atoms with Crippen LogP contribution >= 0.6 is 10.7 Å². The Balaban J connectivity index is 2.94. The van der Waals surface area contributed by atoms with Crippen LogP contribution in [0.25, 0.3) is 0 Å². The normalized spacial score (nSPS) is 11.2. The van der Waals surface area contributed by atoms with E-state index in [-0.39, 0.29) is 12.3 Å². The number of hydrogen-bond donors (Lipinski definition) is 1. The summed E-state index contributed by atoms with van der Waals surface area (Å²) in [7, 11) is 2.20. The first-order valence-corrected chi connectivity index (χ1v) is 6.68. The van der Waals surface area contributed by atoms with Crippen LogP contribution < -0.4 is 5.32 Å². The van der Waals surface area contributed by atoms with E-state index in [9.17, 15) is 17.6 Å². The second kappa shape index (κ2) is 5.44. The van der Waals surface area contributed by atoms with E-state index in [4.69, 9.17) is 10.7 Å². The number of hydrogen-bond acceptors (Lipinski definition) is 4. The zero-order valence-corrected chi connectivity index (χ0v) is 10.3. The summed E-state index contributed by atoms with van der Waals surface area (Å²) in [5.41, 5.74) is 0.119. The molecule has 0 fully saturated rings. The van der Waals surface area contributed by atoms with Gasteiger partial charge in [-0.15, -0.1) is 0 Å². The van der Waals surface area contributed by atoms with E-state index in [2.05, 4.69) is 10.1 Å². The van der Waals surface area contributed by atoms with Gasteiger partial charge >= 0.3 is 0 Å². The van der Waals surface area contributed by atoms with Crippen molar-refractivity contribution in [2.75, 3.05) is 19.0 Å². The number of halogens is 2. The maximum Gasteiger partial charge on any atom is 0.264 e. The fourth-order valence-electron chi connectivity index (χ4n) is 1.10. The van der Waals surface area contributed by atoms with Crippen molar-refractivity contribution in [2.45, 2.75) is 4.90 Å². The Morgan fingerprint density at radius 2 is 2.18 bits per heavy atom. The minimum Gasteiger partial charge on any atom is -0.375 e. The molecule has 0 spiro atoms. The second-order valence-corrected chi connectivity index (χ2v) is 5.60. The van der Waals surface area contributed by atoms with Crippen molar-refractivity contribution < 1.29 is 22.3 Å². The summed E-state index contributed by atoms with van der Waals surface area (Å²) in [6.45, 7) is -0.183. The second-order valence-electron chi connectivity index (χ2n) is 3.06. The lowest BCUT2D eigenvalue weighted by molar-refractivity contribution is -0.119. The molecule has 1 aromatic carbocycles. The summed E-state index contributed by atoms with van der Waals surface area (Å²) in [6, 6.07) is 3.06. The Morgan fingerprint density at radius 1 is 1.53 bits per heavy atom. The highest BCUT2D eigenvalue weighted by atomic mass is 35.7. The standard InChI is InChI=1S/C9H9ClFNO4S/c1-16-5-9(13)12-6-2-3-8(7(11)4-6)17(10,14)15/h2-4H,5H2,1H3,(H,12,13). The molecule has 0 aliphatic heterocycles. The summed E-state index contributed by atoms with van der Waals surface area (Å²) < 4.78 is 39.7. The highest BCUT2D eigenvalue weighted by Gasteiger charge is 2.16. The molecular weight excluding hydrogens is 273 g/mol. The van der Waals surface area contributed by atoms with Crippen molar-refractivity contribution in [3.8, 4) is 0 Å². The van der Waals surface area contributed by atoms with Gasteiger partial charge in [0.2, 0.25) is 5.91 Å². The Hall–Kier alpha value is -1.18. The average molecular weight is 282 g/mol. The third-order valence-corrected chi connectivity index (χ3v) is 3.11. The van der Waals surface area contributed by atoms with Crippen LogP contribution in [0.3, 0.4) is 0 Å². The molecule has 0 unspecified atom stereocenters. The lowest BCUT2D eigenvalue weighted by Crippen LogP contribution is -2.17. The molecular formula is C9H9ClFNO4S. The van der Waals surface area contributed by atoms with Gasteiger partial charge in [-0.2, -0.15) is 0 Å². The summed E-state index contributed by atoms with van der Waals surface area (Å²) in [5, 5.41) is 2.32. The number of carbonyl (C=O) groups excluding carboxylic acids is 1. The fraction of sp³-hybridized carbons (Fsp3) is 0.222. The third kappa shape index (κ3) is 3.95. The largest absolute Gasteiger partial charge is 0.375 e. The van der Waals surface area contributed by atoms with Gasteiger partial charge in [-0.05, 0) is 18.2 Å². The van der Waals surface area contributed by atoms with Gasteiger partial charge in [0.05, 0.1) is 0 Å². The van der Waals surface area contributed by atoms with Gasteiger partial charge in [0.25, 0.3) is 9.05 Å². The maximum absolute atomic E-state index is 13.3. The van der Waals surface area contributed by atoms with Gasteiger partial charge < -0.3 is 10.1 Å². The van der Waals surface area contributed by atoms with Gasteiger partial charge in [0.15, 0.2) is 0 Å². The number of methoxy groups -OCH3 is 1. The van der Waals surface area contributed by atoms with E-state index >= 15 is 0 Å². The quantitative estimate of drug-likeness (QED) is 0.845. The van der Waals surface area contributed by atoms with Crippen LogP contribution in [0.1, 0.15) is 0 Å². The van der Waals surface area contributed by atoms with Crippen molar-refractivity contribution in [1.82, 2.24) is 0 Å². The molecule has 17 heavy (non-hydrogen) atoms. The number of amides is 1. The van der Waals surface area contributed by atoms with Crippen molar-refractivity contribution in [2.24, 2.45) is 0 Å². The minimum atomic E-state index is -4.13. The molecule has 0 aliphatic rings. The van der Waals surface area contributed by atoms with Crippen molar-refractivity contribution in [3.63, 3.8) is 0 Å². The first kappa shape index (κ1) is 13.9. The summed E-state index contributed by atoms with van der Waals surface area (Å²) in [4.78, 5) is 10.5. The topological polar surface area (TPSA) is 72.5 Å². The van der Waals surface area contributed by atoms with E-state index in [1.165, 1.54) is 13.2 Å². The maximum atomic E-state index is 13.3. The molecule has 0 saturated heterocycles. The molecule has 1 aromatic rings. The van der Waals surface area contributed by atoms with Crippen molar-refractivity contribution in [3.05, 3.63) is 24.0 Å². The van der Waals surface area contributed by atoms with E-state index in [0.29, 0.717) is 0 Å². The summed E-state index contributed by atoms with van der Waals surface area (Å²) in [6.07, 6.45) is 0. The van der Waals surface area contributed by atoms with E-state index in [1.54, 1.807) is 0 Å². The van der Waals surface area contributed by atoms with Gasteiger partial charge in [0.1, 0.15) is 17.3 Å². The van der Waals surface area contributed by atoms with Gasteiger partial charge in [0, 0.05) is 23.5 Å². The Morgan fingerprint density at radius 3 is 2.65 bits per heavy atom. The molecule has 0 heterocycles. The van der Waals surface area contributed by atoms with E-state index in [1.807, 2.05) is 0 Å². The van der Waals surface area contributed by atoms with Crippen LogP contribution in [0.5, 0.6) is 0 Å². The predicted octanol–water partition coefficient (Wildman–Crippen LogP) is 1.34. The fourth-order valence-corrected chi connectivity index (χ4v) is 2.00. The monoisotopic (exact) mass is 281 g/mol. The predicted molar refractivity (Wildman–Crippen MR) is 59.9 cm³/mol. The highest BCUT2D eigenvalue weighted by molar-refractivity contribution is 8.13. The highest BCUT2D eigenvalue weighted by Crippen LogP contribution is 2.21. The first-order valence-electron chi connectivity index (χ1n) is 4.37. The lowest BCUT2D eigenvalue weighted by Gasteiger charge is -2.05. The van der Waals surface area contributed by atoms with Gasteiger partial charge in [-0.1, -0.05) is 0 Å². The summed E-state index contributed by atoms with van der Waals surface area (Å²) >= 11 is 0. The lowest BCUT2D eigenvalue weighted by atomic mass is 10.3. The van der Waals surface area contributed by atoms with Gasteiger partial charge in [-0.25, -0.2) is 12.8 Å². The van der Waals surface area contributed by atoms with Gasteiger partial charge in [-0.3, -0.25) is 4.79 Å². The van der Waals surface area contributed by atoms with Crippen LogP contribution in [0.4, 0.5) is 10.1 Å². The molecule has 0 aliphatic carbocycles. The molecule has 94 valence electrons. The number of anilines is 1. The zero-order chi connectivity index (χ0) is 13.1. The van der Waals surface area contributed by atoms with Crippen LogP contribution in [0.15, 0.2) is 23.1 Å². The molecule has 1 N–H and O–H groups in total. The molecule has 0 bridgehead atoms. The number of benzene rings is 1. The van der Waals surface area contributed by atoms with E-state index < -0.39 is 25.7 Å². The Kier molecular flexibility index (Phi) is 4.44. The molecule has 5 nitrogen and oxygen atoms in total. The third-order valence-electron chi connectivity index (χ3n) is 1.75. The van der Waals surface area contributed by atoms with Crippen molar-refractivity contribution >= 4 is 31.3 Å². The number of ether oxygens (including phenoxy) is 1. The SMILES string of the molecule is COCC(=O)Nc1ccc(S(=O)(=O)Cl)c(F)c1. The van der Waals surface area contributed by atoms with Crippen LogP contribution in [-0.2, 0) is 18.6 Å². The first-order chi connectivity index (χ1) is 7.84. The smallest absolute Gasteiger partial charge is 0.264 e. The van der Waals surface area contributed by atoms with Crippen LogP contribution in [0.2, 0.25) is 0 Å². The number of nitrogens with one attached hydrogen (secondary N) is 1. The molecule has 0 saturated carbocycles. The minimum absolute atomic E-state index is 0.119.